The lowest BCUT2D eigenvalue weighted by molar-refractivity contribution is 0.0754. The lowest BCUT2D eigenvalue weighted by Crippen LogP contribution is -2.48. The quantitative estimate of drug-likeness (QED) is 0.746. The van der Waals surface area contributed by atoms with Crippen LogP contribution in [-0.4, -0.2) is 38.9 Å². The number of nitrogens with one attached hydrogen (secondary N) is 2. The van der Waals surface area contributed by atoms with Gasteiger partial charge in [-0.3, -0.25) is 0 Å². The van der Waals surface area contributed by atoms with Gasteiger partial charge in [-0.15, -0.1) is 0 Å². The van der Waals surface area contributed by atoms with E-state index >= 15 is 0 Å². The smallest absolute Gasteiger partial charge is 0.0632 e. The molecule has 3 nitrogen and oxygen atoms in total. The molecule has 2 aliphatic rings. The van der Waals surface area contributed by atoms with Crippen LogP contribution in [0.2, 0.25) is 0 Å². The van der Waals surface area contributed by atoms with E-state index in [4.69, 9.17) is 4.74 Å². The van der Waals surface area contributed by atoms with E-state index < -0.39 is 0 Å². The minimum absolute atomic E-state index is 0.518. The molecule has 1 aliphatic carbocycles. The summed E-state index contributed by atoms with van der Waals surface area (Å²) in [7, 11) is 0. The Morgan fingerprint density at radius 1 is 1.38 bits per heavy atom. The minimum atomic E-state index is 0.518. The van der Waals surface area contributed by atoms with Gasteiger partial charge in [0.15, 0.2) is 0 Å². The SMILES string of the molecule is CCC1(CNCC2COCCN2)CCCC1. The summed E-state index contributed by atoms with van der Waals surface area (Å²) in [6.45, 7) is 7.34. The van der Waals surface area contributed by atoms with E-state index in [2.05, 4.69) is 17.6 Å². The minimum Gasteiger partial charge on any atom is -0.378 e. The molecule has 2 N–H and O–H groups in total. The molecule has 94 valence electrons. The molecule has 0 aromatic carbocycles. The first-order valence-corrected chi connectivity index (χ1v) is 6.86. The fraction of sp³-hybridized carbons (Fsp3) is 1.00. The molecule has 1 heterocycles. The lowest BCUT2D eigenvalue weighted by Gasteiger charge is -2.30. The summed E-state index contributed by atoms with van der Waals surface area (Å²) < 4.78 is 5.45. The van der Waals surface area contributed by atoms with Crippen molar-refractivity contribution in [1.82, 2.24) is 10.6 Å². The number of ether oxygens (including phenoxy) is 1. The Labute approximate surface area is 99.3 Å². The molecule has 1 saturated carbocycles. The Morgan fingerprint density at radius 2 is 2.19 bits per heavy atom. The summed E-state index contributed by atoms with van der Waals surface area (Å²) in [6, 6.07) is 0.518. The van der Waals surface area contributed by atoms with Crippen molar-refractivity contribution < 1.29 is 4.74 Å². The second-order valence-corrected chi connectivity index (χ2v) is 5.42. The number of rotatable bonds is 5. The maximum atomic E-state index is 5.45. The van der Waals surface area contributed by atoms with E-state index in [0.29, 0.717) is 11.5 Å². The van der Waals surface area contributed by atoms with Gasteiger partial charge in [0.2, 0.25) is 0 Å². The second kappa shape index (κ2) is 5.99. The highest BCUT2D eigenvalue weighted by molar-refractivity contribution is 4.86. The molecule has 3 heteroatoms. The summed E-state index contributed by atoms with van der Waals surface area (Å²) in [5.41, 5.74) is 0.607. The molecular formula is C13H26N2O. The zero-order chi connectivity index (χ0) is 11.3. The highest BCUT2D eigenvalue weighted by Crippen LogP contribution is 2.40. The Morgan fingerprint density at radius 3 is 2.81 bits per heavy atom. The summed E-state index contributed by atoms with van der Waals surface area (Å²) in [5.74, 6) is 0. The third-order valence-corrected chi connectivity index (χ3v) is 4.30. The van der Waals surface area contributed by atoms with Crippen LogP contribution in [0.4, 0.5) is 0 Å². The van der Waals surface area contributed by atoms with Crippen LogP contribution in [0.1, 0.15) is 39.0 Å². The standard InChI is InChI=1S/C13H26N2O/c1-2-13(5-3-4-6-13)11-14-9-12-10-16-8-7-15-12/h12,14-15H,2-11H2,1H3. The van der Waals surface area contributed by atoms with Crippen LogP contribution in [0, 0.1) is 5.41 Å². The van der Waals surface area contributed by atoms with Crippen LogP contribution in [0.25, 0.3) is 0 Å². The van der Waals surface area contributed by atoms with E-state index in [0.717, 1.165) is 26.3 Å². The molecule has 0 amide bonds. The molecule has 2 rings (SSSR count). The predicted octanol–water partition coefficient (Wildman–Crippen LogP) is 1.53. The van der Waals surface area contributed by atoms with Gasteiger partial charge in [-0.2, -0.15) is 0 Å². The molecule has 0 spiro atoms. The average molecular weight is 226 g/mol. The molecule has 2 fully saturated rings. The molecule has 1 saturated heterocycles. The Hall–Kier alpha value is -0.120. The van der Waals surface area contributed by atoms with Crippen molar-refractivity contribution in [3.05, 3.63) is 0 Å². The molecular weight excluding hydrogens is 200 g/mol. The third-order valence-electron chi connectivity index (χ3n) is 4.30. The monoisotopic (exact) mass is 226 g/mol. The topological polar surface area (TPSA) is 33.3 Å². The van der Waals surface area contributed by atoms with E-state index in [-0.39, 0.29) is 0 Å². The van der Waals surface area contributed by atoms with E-state index in [1.54, 1.807) is 0 Å². The largest absolute Gasteiger partial charge is 0.378 e. The normalized spacial score (nSPS) is 29.4. The van der Waals surface area contributed by atoms with Gasteiger partial charge in [-0.05, 0) is 24.7 Å². The third kappa shape index (κ3) is 3.19. The number of hydrogen-bond acceptors (Lipinski definition) is 3. The zero-order valence-corrected chi connectivity index (χ0v) is 10.6. The molecule has 1 unspecified atom stereocenters. The first-order chi connectivity index (χ1) is 7.85. The second-order valence-electron chi connectivity index (χ2n) is 5.42. The van der Waals surface area contributed by atoms with Gasteiger partial charge < -0.3 is 15.4 Å². The first kappa shape index (κ1) is 12.3. The van der Waals surface area contributed by atoms with Crippen molar-refractivity contribution in [1.29, 1.82) is 0 Å². The summed E-state index contributed by atoms with van der Waals surface area (Å²) in [4.78, 5) is 0. The summed E-state index contributed by atoms with van der Waals surface area (Å²) in [5, 5.41) is 7.13. The highest BCUT2D eigenvalue weighted by Gasteiger charge is 2.31. The molecule has 0 aromatic rings. The number of morpholine rings is 1. The van der Waals surface area contributed by atoms with Crippen LogP contribution in [-0.2, 0) is 4.74 Å². The molecule has 0 bridgehead atoms. The van der Waals surface area contributed by atoms with Crippen LogP contribution in [0.5, 0.6) is 0 Å². The van der Waals surface area contributed by atoms with Crippen molar-refractivity contribution >= 4 is 0 Å². The van der Waals surface area contributed by atoms with Crippen molar-refractivity contribution in [3.63, 3.8) is 0 Å². The van der Waals surface area contributed by atoms with Gasteiger partial charge in [0.25, 0.3) is 0 Å². The van der Waals surface area contributed by atoms with Crippen molar-refractivity contribution in [2.45, 2.75) is 45.1 Å². The maximum Gasteiger partial charge on any atom is 0.0632 e. The van der Waals surface area contributed by atoms with Gasteiger partial charge >= 0.3 is 0 Å². The van der Waals surface area contributed by atoms with Gasteiger partial charge in [0.05, 0.1) is 13.2 Å². The fourth-order valence-corrected chi connectivity index (χ4v) is 3.04. The zero-order valence-electron chi connectivity index (χ0n) is 10.6. The molecule has 1 atom stereocenters. The van der Waals surface area contributed by atoms with Gasteiger partial charge in [0.1, 0.15) is 0 Å². The molecule has 1 aliphatic heterocycles. The summed E-state index contributed by atoms with van der Waals surface area (Å²) >= 11 is 0. The van der Waals surface area contributed by atoms with Crippen molar-refractivity contribution in [2.24, 2.45) is 5.41 Å². The Balaban J connectivity index is 1.66. The van der Waals surface area contributed by atoms with Crippen LogP contribution < -0.4 is 10.6 Å². The molecule has 0 radical (unpaired) electrons. The molecule has 16 heavy (non-hydrogen) atoms. The van der Waals surface area contributed by atoms with E-state index in [9.17, 15) is 0 Å². The van der Waals surface area contributed by atoms with Gasteiger partial charge in [-0.25, -0.2) is 0 Å². The van der Waals surface area contributed by atoms with Crippen LogP contribution >= 0.6 is 0 Å². The maximum absolute atomic E-state index is 5.45. The molecule has 0 aromatic heterocycles. The first-order valence-electron chi connectivity index (χ1n) is 6.86. The Kier molecular flexibility index (Phi) is 4.62. The van der Waals surface area contributed by atoms with Crippen molar-refractivity contribution in [3.8, 4) is 0 Å². The van der Waals surface area contributed by atoms with Crippen LogP contribution in [0.15, 0.2) is 0 Å². The average Bonchev–Trinajstić information content (AvgIpc) is 2.80. The predicted molar refractivity (Wildman–Crippen MR) is 66.7 cm³/mol. The van der Waals surface area contributed by atoms with E-state index in [1.807, 2.05) is 0 Å². The Bertz CT molecular complexity index is 196. The van der Waals surface area contributed by atoms with Crippen molar-refractivity contribution in [2.75, 3.05) is 32.8 Å². The highest BCUT2D eigenvalue weighted by atomic mass is 16.5. The van der Waals surface area contributed by atoms with Crippen LogP contribution in [0.3, 0.4) is 0 Å². The number of hydrogen-bond donors (Lipinski definition) is 2. The van der Waals surface area contributed by atoms with Gasteiger partial charge in [0, 0.05) is 25.7 Å². The van der Waals surface area contributed by atoms with E-state index in [1.165, 1.54) is 38.6 Å². The van der Waals surface area contributed by atoms with Gasteiger partial charge in [-0.1, -0.05) is 19.8 Å². The lowest BCUT2D eigenvalue weighted by atomic mass is 9.83. The fourth-order valence-electron chi connectivity index (χ4n) is 3.04. The summed E-state index contributed by atoms with van der Waals surface area (Å²) in [6.07, 6.45) is 7.03.